The lowest BCUT2D eigenvalue weighted by Gasteiger charge is -2.29. The van der Waals surface area contributed by atoms with Crippen molar-refractivity contribution in [3.8, 4) is 11.3 Å². The SMILES string of the molecule is CCC[C@H]1CC[C@H](c2cccnc2-c2ccc(F)c(COC)c2)CC1. The number of halogens is 1. The van der Waals surface area contributed by atoms with Gasteiger partial charge in [0.15, 0.2) is 0 Å². The van der Waals surface area contributed by atoms with Crippen LogP contribution in [0.3, 0.4) is 0 Å². The van der Waals surface area contributed by atoms with E-state index in [-0.39, 0.29) is 12.4 Å². The minimum absolute atomic E-state index is 0.219. The van der Waals surface area contributed by atoms with Crippen LogP contribution in [0.4, 0.5) is 4.39 Å². The zero-order chi connectivity index (χ0) is 17.6. The Balaban J connectivity index is 1.86. The summed E-state index contributed by atoms with van der Waals surface area (Å²) < 4.78 is 19.1. The van der Waals surface area contributed by atoms with Crippen LogP contribution in [-0.2, 0) is 11.3 Å². The lowest BCUT2D eigenvalue weighted by molar-refractivity contribution is 0.181. The van der Waals surface area contributed by atoms with E-state index in [1.807, 2.05) is 24.4 Å². The molecule has 0 amide bonds. The van der Waals surface area contributed by atoms with Gasteiger partial charge in [-0.15, -0.1) is 0 Å². The van der Waals surface area contributed by atoms with Gasteiger partial charge < -0.3 is 4.74 Å². The van der Waals surface area contributed by atoms with Crippen LogP contribution in [0.25, 0.3) is 11.3 Å². The highest BCUT2D eigenvalue weighted by atomic mass is 19.1. The Hall–Kier alpha value is -1.74. The Labute approximate surface area is 150 Å². The molecule has 1 saturated carbocycles. The molecule has 1 aliphatic rings. The largest absolute Gasteiger partial charge is 0.380 e. The molecule has 0 radical (unpaired) electrons. The molecular weight excluding hydrogens is 313 g/mol. The van der Waals surface area contributed by atoms with E-state index < -0.39 is 0 Å². The highest BCUT2D eigenvalue weighted by molar-refractivity contribution is 5.64. The number of methoxy groups -OCH3 is 1. The monoisotopic (exact) mass is 341 g/mol. The van der Waals surface area contributed by atoms with Crippen molar-refractivity contribution in [2.75, 3.05) is 7.11 Å². The molecule has 1 aromatic carbocycles. The van der Waals surface area contributed by atoms with Crippen molar-refractivity contribution in [2.45, 2.75) is 58.0 Å². The first-order valence-corrected chi connectivity index (χ1v) is 9.45. The van der Waals surface area contributed by atoms with Crippen LogP contribution in [0.5, 0.6) is 0 Å². The molecule has 2 aromatic rings. The summed E-state index contributed by atoms with van der Waals surface area (Å²) in [7, 11) is 1.59. The molecule has 134 valence electrons. The average molecular weight is 341 g/mol. The summed E-state index contributed by atoms with van der Waals surface area (Å²) in [4.78, 5) is 4.65. The predicted octanol–water partition coefficient (Wildman–Crippen LogP) is 6.11. The Kier molecular flexibility index (Phi) is 6.19. The molecule has 1 heterocycles. The van der Waals surface area contributed by atoms with Gasteiger partial charge in [0.1, 0.15) is 5.82 Å². The summed E-state index contributed by atoms with van der Waals surface area (Å²) in [5.41, 5.74) is 3.88. The van der Waals surface area contributed by atoms with E-state index in [1.165, 1.54) is 50.2 Å². The Morgan fingerprint density at radius 1 is 1.16 bits per heavy atom. The van der Waals surface area contributed by atoms with Gasteiger partial charge in [0.05, 0.1) is 12.3 Å². The Morgan fingerprint density at radius 2 is 1.96 bits per heavy atom. The topological polar surface area (TPSA) is 22.1 Å². The zero-order valence-corrected chi connectivity index (χ0v) is 15.3. The molecule has 0 atom stereocenters. The molecule has 25 heavy (non-hydrogen) atoms. The minimum atomic E-state index is -0.219. The Morgan fingerprint density at radius 3 is 2.68 bits per heavy atom. The number of ether oxygens (including phenoxy) is 1. The first-order chi connectivity index (χ1) is 12.2. The second-order valence-electron chi connectivity index (χ2n) is 7.19. The van der Waals surface area contributed by atoms with Crippen LogP contribution in [0.15, 0.2) is 36.5 Å². The number of hydrogen-bond acceptors (Lipinski definition) is 2. The molecule has 0 unspecified atom stereocenters. The summed E-state index contributed by atoms with van der Waals surface area (Å²) in [6.45, 7) is 2.56. The molecule has 3 heteroatoms. The molecule has 3 rings (SSSR count). The molecule has 0 saturated heterocycles. The third-order valence-electron chi connectivity index (χ3n) is 5.44. The van der Waals surface area contributed by atoms with Crippen molar-refractivity contribution in [1.29, 1.82) is 0 Å². The van der Waals surface area contributed by atoms with Crippen LogP contribution < -0.4 is 0 Å². The van der Waals surface area contributed by atoms with Crippen molar-refractivity contribution in [3.63, 3.8) is 0 Å². The quantitative estimate of drug-likeness (QED) is 0.632. The third-order valence-corrected chi connectivity index (χ3v) is 5.44. The summed E-state index contributed by atoms with van der Waals surface area (Å²) >= 11 is 0. The first kappa shape index (κ1) is 18.1. The van der Waals surface area contributed by atoms with Gasteiger partial charge in [-0.1, -0.05) is 25.8 Å². The van der Waals surface area contributed by atoms with E-state index in [0.717, 1.165) is 17.2 Å². The number of rotatable bonds is 6. The van der Waals surface area contributed by atoms with Crippen molar-refractivity contribution < 1.29 is 9.13 Å². The number of pyridine rings is 1. The van der Waals surface area contributed by atoms with Crippen molar-refractivity contribution in [1.82, 2.24) is 4.98 Å². The van der Waals surface area contributed by atoms with Crippen LogP contribution in [0.1, 0.15) is 62.5 Å². The van der Waals surface area contributed by atoms with Gasteiger partial charge in [-0.2, -0.15) is 0 Å². The van der Waals surface area contributed by atoms with Crippen LogP contribution in [0.2, 0.25) is 0 Å². The van der Waals surface area contributed by atoms with E-state index >= 15 is 0 Å². The molecule has 1 aromatic heterocycles. The normalized spacial score (nSPS) is 20.6. The fourth-order valence-electron chi connectivity index (χ4n) is 4.15. The van der Waals surface area contributed by atoms with Crippen LogP contribution in [-0.4, -0.2) is 12.1 Å². The second kappa shape index (κ2) is 8.57. The number of benzene rings is 1. The van der Waals surface area contributed by atoms with E-state index in [2.05, 4.69) is 18.0 Å². The maximum absolute atomic E-state index is 13.9. The van der Waals surface area contributed by atoms with E-state index in [1.54, 1.807) is 7.11 Å². The van der Waals surface area contributed by atoms with Crippen molar-refractivity contribution >= 4 is 0 Å². The summed E-state index contributed by atoms with van der Waals surface area (Å²) in [5.74, 6) is 1.23. The maximum Gasteiger partial charge on any atom is 0.128 e. The van der Waals surface area contributed by atoms with E-state index in [4.69, 9.17) is 4.74 Å². The van der Waals surface area contributed by atoms with Crippen LogP contribution >= 0.6 is 0 Å². The van der Waals surface area contributed by atoms with Gasteiger partial charge in [0.25, 0.3) is 0 Å². The molecule has 0 aliphatic heterocycles. The number of nitrogens with zero attached hydrogens (tertiary/aromatic N) is 1. The maximum atomic E-state index is 13.9. The zero-order valence-electron chi connectivity index (χ0n) is 15.3. The van der Waals surface area contributed by atoms with Gasteiger partial charge in [-0.25, -0.2) is 4.39 Å². The van der Waals surface area contributed by atoms with E-state index in [0.29, 0.717) is 11.5 Å². The minimum Gasteiger partial charge on any atom is -0.380 e. The van der Waals surface area contributed by atoms with Gasteiger partial charge >= 0.3 is 0 Å². The fourth-order valence-corrected chi connectivity index (χ4v) is 4.15. The molecule has 1 fully saturated rings. The fraction of sp³-hybridized carbons (Fsp3) is 0.500. The first-order valence-electron chi connectivity index (χ1n) is 9.45. The average Bonchev–Trinajstić information content (AvgIpc) is 2.65. The van der Waals surface area contributed by atoms with Gasteiger partial charge in [-0.05, 0) is 67.3 Å². The van der Waals surface area contributed by atoms with Gasteiger partial charge in [-0.3, -0.25) is 4.98 Å². The standard InChI is InChI=1S/C22H28FNO/c1-3-5-16-7-9-17(10-8-16)20-6-4-13-24-22(20)18-11-12-21(23)19(14-18)15-25-2/h4,6,11-14,16-17H,3,5,7-10,15H2,1-2H3/t16-,17-. The molecule has 2 nitrogen and oxygen atoms in total. The molecular formula is C22H28FNO. The smallest absolute Gasteiger partial charge is 0.128 e. The Bertz CT molecular complexity index is 692. The highest BCUT2D eigenvalue weighted by Crippen LogP contribution is 2.40. The lowest BCUT2D eigenvalue weighted by Crippen LogP contribution is -2.14. The van der Waals surface area contributed by atoms with Crippen molar-refractivity contribution in [2.24, 2.45) is 5.92 Å². The van der Waals surface area contributed by atoms with E-state index in [9.17, 15) is 4.39 Å². The molecule has 0 bridgehead atoms. The second-order valence-corrected chi connectivity index (χ2v) is 7.19. The summed E-state index contributed by atoms with van der Waals surface area (Å²) in [6.07, 6.45) is 9.55. The number of aromatic nitrogens is 1. The number of hydrogen-bond donors (Lipinski definition) is 0. The third kappa shape index (κ3) is 4.27. The van der Waals surface area contributed by atoms with Crippen molar-refractivity contribution in [3.05, 3.63) is 53.5 Å². The molecule has 0 spiro atoms. The molecule has 0 N–H and O–H groups in total. The lowest BCUT2D eigenvalue weighted by atomic mass is 9.76. The predicted molar refractivity (Wildman–Crippen MR) is 100.0 cm³/mol. The molecule has 1 aliphatic carbocycles. The highest BCUT2D eigenvalue weighted by Gasteiger charge is 2.24. The van der Waals surface area contributed by atoms with Crippen LogP contribution in [0, 0.1) is 11.7 Å². The van der Waals surface area contributed by atoms with Gasteiger partial charge in [0.2, 0.25) is 0 Å². The van der Waals surface area contributed by atoms with Gasteiger partial charge in [0, 0.05) is 24.4 Å². The summed E-state index contributed by atoms with van der Waals surface area (Å²) in [6, 6.07) is 9.47. The summed E-state index contributed by atoms with van der Waals surface area (Å²) in [5, 5.41) is 0.